The first-order valence-electron chi connectivity index (χ1n) is 10.6. The largest absolute Gasteiger partial charge is 0.349 e. The number of piperidine rings is 1. The summed E-state index contributed by atoms with van der Waals surface area (Å²) in [6, 6.07) is 16.1. The number of fused-ring (bicyclic) bond motifs is 3. The monoisotopic (exact) mass is 434 g/mol. The van der Waals surface area contributed by atoms with Crippen LogP contribution < -0.4 is 5.32 Å². The van der Waals surface area contributed by atoms with E-state index >= 15 is 0 Å². The average Bonchev–Trinajstić information content (AvgIpc) is 3.24. The molecule has 0 saturated carbocycles. The number of nitrogens with one attached hydrogen (secondary N) is 1. The smallest absolute Gasteiger partial charge is 0.263 e. The van der Waals surface area contributed by atoms with E-state index in [1.807, 2.05) is 4.90 Å². The number of halogens is 1. The number of benzene rings is 2. The Hall–Kier alpha value is -2.99. The summed E-state index contributed by atoms with van der Waals surface area (Å²) in [5, 5.41) is 3.01. The van der Waals surface area contributed by atoms with Gasteiger partial charge in [0.15, 0.2) is 0 Å². The molecule has 2 heterocycles. The fourth-order valence-electron chi connectivity index (χ4n) is 4.43. The van der Waals surface area contributed by atoms with Gasteiger partial charge in [-0.15, -0.1) is 11.3 Å². The number of amides is 2. The van der Waals surface area contributed by atoms with E-state index in [0.29, 0.717) is 31.5 Å². The van der Waals surface area contributed by atoms with E-state index in [1.54, 1.807) is 11.3 Å². The SMILES string of the molecule is O=C(NC1CCN(C(=O)c2cc3c(s2)-c2ccccc2CC3)CC1)c1ccc(F)cc1. The second kappa shape index (κ2) is 8.27. The zero-order valence-electron chi connectivity index (χ0n) is 17.1. The van der Waals surface area contributed by atoms with Crippen LogP contribution in [0.4, 0.5) is 4.39 Å². The molecule has 0 radical (unpaired) electrons. The average molecular weight is 435 g/mol. The third-order valence-electron chi connectivity index (χ3n) is 6.17. The lowest BCUT2D eigenvalue weighted by molar-refractivity contribution is 0.0702. The van der Waals surface area contributed by atoms with Crippen molar-refractivity contribution >= 4 is 23.2 Å². The van der Waals surface area contributed by atoms with Gasteiger partial charge in [0.05, 0.1) is 4.88 Å². The first kappa shape index (κ1) is 19.9. The highest BCUT2D eigenvalue weighted by Gasteiger charge is 2.28. The number of thiophene rings is 1. The number of likely N-dealkylation sites (tertiary alicyclic amines) is 1. The highest BCUT2D eigenvalue weighted by Crippen LogP contribution is 2.40. The van der Waals surface area contributed by atoms with Crippen molar-refractivity contribution in [2.75, 3.05) is 13.1 Å². The van der Waals surface area contributed by atoms with Crippen LogP contribution in [0.25, 0.3) is 10.4 Å². The van der Waals surface area contributed by atoms with Crippen LogP contribution in [-0.4, -0.2) is 35.8 Å². The second-order valence-corrected chi connectivity index (χ2v) is 9.22. The maximum Gasteiger partial charge on any atom is 0.263 e. The quantitative estimate of drug-likeness (QED) is 0.650. The van der Waals surface area contributed by atoms with Crippen molar-refractivity contribution in [2.24, 2.45) is 0 Å². The number of carbonyl (C=O) groups is 2. The molecule has 4 nitrogen and oxygen atoms in total. The van der Waals surface area contributed by atoms with Gasteiger partial charge in [0.25, 0.3) is 11.8 Å². The molecular weight excluding hydrogens is 411 g/mol. The van der Waals surface area contributed by atoms with Crippen molar-refractivity contribution in [2.45, 2.75) is 31.7 Å². The molecule has 1 aliphatic carbocycles. The van der Waals surface area contributed by atoms with E-state index in [9.17, 15) is 14.0 Å². The van der Waals surface area contributed by atoms with Crippen LogP contribution in [0.1, 0.15) is 44.0 Å². The lowest BCUT2D eigenvalue weighted by Crippen LogP contribution is -2.46. The van der Waals surface area contributed by atoms with Gasteiger partial charge in [-0.3, -0.25) is 9.59 Å². The minimum Gasteiger partial charge on any atom is -0.349 e. The van der Waals surface area contributed by atoms with E-state index in [4.69, 9.17) is 0 Å². The minimum absolute atomic E-state index is 0.0185. The Morgan fingerprint density at radius 3 is 2.45 bits per heavy atom. The minimum atomic E-state index is -0.359. The predicted octanol–water partition coefficient (Wildman–Crippen LogP) is 4.69. The summed E-state index contributed by atoms with van der Waals surface area (Å²) in [5.74, 6) is -0.475. The summed E-state index contributed by atoms with van der Waals surface area (Å²) in [6.45, 7) is 1.23. The van der Waals surface area contributed by atoms with Crippen molar-refractivity contribution in [3.8, 4) is 10.4 Å². The molecule has 2 aliphatic rings. The first-order chi connectivity index (χ1) is 15.1. The van der Waals surface area contributed by atoms with Crippen LogP contribution in [0, 0.1) is 5.82 Å². The molecule has 1 aromatic heterocycles. The zero-order valence-corrected chi connectivity index (χ0v) is 17.9. The first-order valence-corrected chi connectivity index (χ1v) is 11.5. The van der Waals surface area contributed by atoms with Gasteiger partial charge in [-0.25, -0.2) is 4.39 Å². The molecule has 2 aromatic carbocycles. The number of hydrogen-bond acceptors (Lipinski definition) is 3. The molecule has 0 spiro atoms. The summed E-state index contributed by atoms with van der Waals surface area (Å²) >= 11 is 1.60. The van der Waals surface area contributed by atoms with Crippen molar-refractivity contribution in [1.29, 1.82) is 0 Å². The van der Waals surface area contributed by atoms with Gasteiger partial charge in [-0.2, -0.15) is 0 Å². The Balaban J connectivity index is 1.22. The molecule has 31 heavy (non-hydrogen) atoms. The summed E-state index contributed by atoms with van der Waals surface area (Å²) in [6.07, 6.45) is 3.43. The van der Waals surface area contributed by atoms with E-state index in [2.05, 4.69) is 35.6 Å². The van der Waals surface area contributed by atoms with Gasteiger partial charge in [0, 0.05) is 29.6 Å². The molecule has 1 fully saturated rings. The van der Waals surface area contributed by atoms with E-state index < -0.39 is 0 Å². The van der Waals surface area contributed by atoms with Crippen molar-refractivity contribution in [3.63, 3.8) is 0 Å². The van der Waals surface area contributed by atoms with Crippen LogP contribution in [-0.2, 0) is 12.8 Å². The van der Waals surface area contributed by atoms with Gasteiger partial charge < -0.3 is 10.2 Å². The van der Waals surface area contributed by atoms with Gasteiger partial charge in [-0.1, -0.05) is 24.3 Å². The number of nitrogens with zero attached hydrogens (tertiary/aromatic N) is 1. The Morgan fingerprint density at radius 1 is 0.968 bits per heavy atom. The highest BCUT2D eigenvalue weighted by molar-refractivity contribution is 7.17. The fourth-order valence-corrected chi connectivity index (χ4v) is 5.67. The third kappa shape index (κ3) is 4.00. The summed E-state index contributed by atoms with van der Waals surface area (Å²) < 4.78 is 13.0. The lowest BCUT2D eigenvalue weighted by atomic mass is 9.91. The van der Waals surface area contributed by atoms with E-state index in [1.165, 1.54) is 45.8 Å². The topological polar surface area (TPSA) is 49.4 Å². The standard InChI is InChI=1S/C25H23FN2O2S/c26-19-9-7-17(8-10-19)24(29)27-20-11-13-28(14-12-20)25(30)22-15-18-6-5-16-3-1-2-4-21(16)23(18)31-22/h1-4,7-10,15,20H,5-6,11-14H2,(H,27,29). The summed E-state index contributed by atoms with van der Waals surface area (Å²) in [4.78, 5) is 29.4. The van der Waals surface area contributed by atoms with Crippen LogP contribution in [0.5, 0.6) is 0 Å². The number of carbonyl (C=O) groups excluding carboxylic acids is 2. The molecule has 5 rings (SSSR count). The summed E-state index contributed by atoms with van der Waals surface area (Å²) in [5.41, 5.74) is 4.33. The van der Waals surface area contributed by atoms with Crippen LogP contribution in [0.2, 0.25) is 0 Å². The van der Waals surface area contributed by atoms with Crippen LogP contribution in [0.15, 0.2) is 54.6 Å². The second-order valence-electron chi connectivity index (χ2n) is 8.17. The van der Waals surface area contributed by atoms with Crippen molar-refractivity contribution < 1.29 is 14.0 Å². The van der Waals surface area contributed by atoms with Crippen molar-refractivity contribution in [1.82, 2.24) is 10.2 Å². The number of hydrogen-bond donors (Lipinski definition) is 1. The third-order valence-corrected chi connectivity index (χ3v) is 7.37. The van der Waals surface area contributed by atoms with E-state index in [0.717, 1.165) is 17.7 Å². The van der Waals surface area contributed by atoms with Crippen LogP contribution >= 0.6 is 11.3 Å². The molecule has 0 unspecified atom stereocenters. The molecular formula is C25H23FN2O2S. The highest BCUT2D eigenvalue weighted by atomic mass is 32.1. The Kier molecular flexibility index (Phi) is 5.32. The molecule has 158 valence electrons. The molecule has 2 amide bonds. The van der Waals surface area contributed by atoms with Crippen molar-refractivity contribution in [3.05, 3.63) is 82.0 Å². The summed E-state index contributed by atoms with van der Waals surface area (Å²) in [7, 11) is 0. The number of rotatable bonds is 3. The zero-order chi connectivity index (χ0) is 21.4. The molecule has 1 N–H and O–H groups in total. The maximum atomic E-state index is 13.1. The molecule has 3 aromatic rings. The molecule has 0 bridgehead atoms. The maximum absolute atomic E-state index is 13.1. The fraction of sp³-hybridized carbons (Fsp3) is 0.280. The predicted molar refractivity (Wildman–Crippen MR) is 120 cm³/mol. The molecule has 1 aliphatic heterocycles. The molecule has 1 saturated heterocycles. The number of aryl methyl sites for hydroxylation is 2. The van der Waals surface area contributed by atoms with Gasteiger partial charge in [0.2, 0.25) is 0 Å². The molecule has 0 atom stereocenters. The Labute approximate surface area is 184 Å². The normalized spacial score (nSPS) is 15.8. The lowest BCUT2D eigenvalue weighted by Gasteiger charge is -2.32. The Morgan fingerprint density at radius 2 is 1.68 bits per heavy atom. The Bertz CT molecular complexity index is 1130. The van der Waals surface area contributed by atoms with Gasteiger partial charge in [0.1, 0.15) is 5.82 Å². The van der Waals surface area contributed by atoms with Gasteiger partial charge in [-0.05, 0) is 72.7 Å². The van der Waals surface area contributed by atoms with Crippen LogP contribution in [0.3, 0.4) is 0 Å². The van der Waals surface area contributed by atoms with E-state index in [-0.39, 0.29) is 23.7 Å². The molecule has 6 heteroatoms. The van der Waals surface area contributed by atoms with Gasteiger partial charge >= 0.3 is 0 Å².